The molecule has 1 aliphatic carbocycles. The van der Waals surface area contributed by atoms with Crippen LogP contribution in [0.15, 0.2) is 23.8 Å². The van der Waals surface area contributed by atoms with Crippen molar-refractivity contribution in [2.75, 3.05) is 35.5 Å². The second kappa shape index (κ2) is 10.8. The molecule has 0 saturated heterocycles. The van der Waals surface area contributed by atoms with Gasteiger partial charge < -0.3 is 38.6 Å². The molecule has 0 spiro atoms. The Bertz CT molecular complexity index is 1210. The molecule has 9 nitrogen and oxygen atoms in total. The molecule has 0 saturated carbocycles. The number of aromatic hydroxyl groups is 1. The first-order valence-electron chi connectivity index (χ1n) is 11.9. The Morgan fingerprint density at radius 1 is 0.946 bits per heavy atom. The van der Waals surface area contributed by atoms with E-state index in [2.05, 4.69) is 0 Å². The monoisotopic (exact) mass is 516 g/mol. The van der Waals surface area contributed by atoms with Gasteiger partial charge in [0.2, 0.25) is 11.5 Å². The van der Waals surface area contributed by atoms with Gasteiger partial charge in [0.1, 0.15) is 5.60 Å². The predicted octanol–water partition coefficient (Wildman–Crippen LogP) is 4.60. The average Bonchev–Trinajstić information content (AvgIpc) is 2.88. The Labute approximate surface area is 217 Å². The quantitative estimate of drug-likeness (QED) is 0.403. The van der Waals surface area contributed by atoms with Gasteiger partial charge >= 0.3 is 5.97 Å². The van der Waals surface area contributed by atoms with Crippen molar-refractivity contribution in [1.29, 1.82) is 0 Å². The molecule has 9 heteroatoms. The van der Waals surface area contributed by atoms with Crippen LogP contribution in [-0.4, -0.2) is 57.3 Å². The number of phenolic OH excluding ortho intramolecular Hbond substituents is 1. The van der Waals surface area contributed by atoms with Crippen LogP contribution in [0.25, 0.3) is 11.1 Å². The number of phenols is 1. The van der Waals surface area contributed by atoms with E-state index in [-0.39, 0.29) is 23.0 Å². The van der Waals surface area contributed by atoms with Crippen LogP contribution in [-0.2, 0) is 16.0 Å². The van der Waals surface area contributed by atoms with Crippen LogP contribution in [0.4, 0.5) is 0 Å². The molecule has 0 amide bonds. The fourth-order valence-corrected chi connectivity index (χ4v) is 4.76. The van der Waals surface area contributed by atoms with Crippen LogP contribution in [0, 0.1) is 5.92 Å². The van der Waals surface area contributed by atoms with Crippen molar-refractivity contribution in [3.8, 4) is 45.6 Å². The van der Waals surface area contributed by atoms with E-state index in [0.717, 1.165) is 0 Å². The number of methoxy groups -OCH3 is 5. The van der Waals surface area contributed by atoms with Crippen LogP contribution in [0.3, 0.4) is 0 Å². The smallest absolute Gasteiger partial charge is 0.334 e. The van der Waals surface area contributed by atoms with E-state index in [0.29, 0.717) is 45.7 Å². The lowest BCUT2D eigenvalue weighted by molar-refractivity contribution is -0.166. The Hall–Kier alpha value is -3.59. The molecule has 2 aromatic carbocycles. The van der Waals surface area contributed by atoms with Crippen molar-refractivity contribution < 1.29 is 43.4 Å². The normalized spacial score (nSPS) is 21.1. The fraction of sp³-hybridized carbons (Fsp3) is 0.464. The summed E-state index contributed by atoms with van der Waals surface area (Å²) in [5.41, 5.74) is 0.942. The number of hydrogen-bond donors (Lipinski definition) is 2. The molecule has 2 N–H and O–H groups in total. The van der Waals surface area contributed by atoms with Gasteiger partial charge in [-0.15, -0.1) is 0 Å². The van der Waals surface area contributed by atoms with Crippen LogP contribution >= 0.6 is 0 Å². The summed E-state index contributed by atoms with van der Waals surface area (Å²) >= 11 is 0. The van der Waals surface area contributed by atoms with Gasteiger partial charge in [-0.25, -0.2) is 4.79 Å². The van der Waals surface area contributed by atoms with E-state index in [1.807, 2.05) is 6.92 Å². The zero-order valence-corrected chi connectivity index (χ0v) is 22.8. The van der Waals surface area contributed by atoms with Crippen LogP contribution in [0.1, 0.15) is 44.9 Å². The molecule has 0 aromatic heterocycles. The lowest BCUT2D eigenvalue weighted by Crippen LogP contribution is -2.44. The minimum absolute atomic E-state index is 0.113. The Morgan fingerprint density at radius 3 is 2.03 bits per heavy atom. The molecule has 3 rings (SSSR count). The van der Waals surface area contributed by atoms with E-state index in [4.69, 9.17) is 28.4 Å². The van der Waals surface area contributed by atoms with Gasteiger partial charge in [0.15, 0.2) is 29.1 Å². The minimum Gasteiger partial charge on any atom is -0.504 e. The van der Waals surface area contributed by atoms with E-state index in [9.17, 15) is 15.0 Å². The molecular weight excluding hydrogens is 480 g/mol. The summed E-state index contributed by atoms with van der Waals surface area (Å²) in [4.78, 5) is 13.0. The van der Waals surface area contributed by atoms with Crippen molar-refractivity contribution in [1.82, 2.24) is 0 Å². The summed E-state index contributed by atoms with van der Waals surface area (Å²) in [6, 6.07) is 3.24. The zero-order valence-electron chi connectivity index (χ0n) is 22.8. The van der Waals surface area contributed by atoms with Gasteiger partial charge in [-0.1, -0.05) is 13.0 Å². The third-order valence-corrected chi connectivity index (χ3v) is 7.13. The summed E-state index contributed by atoms with van der Waals surface area (Å²) in [7, 11) is 7.34. The molecule has 0 unspecified atom stereocenters. The number of carbonyl (C=O) groups is 1. The minimum atomic E-state index is -1.54. The predicted molar refractivity (Wildman–Crippen MR) is 138 cm³/mol. The lowest BCUT2D eigenvalue weighted by Gasteiger charge is -2.41. The van der Waals surface area contributed by atoms with Crippen molar-refractivity contribution in [3.63, 3.8) is 0 Å². The van der Waals surface area contributed by atoms with E-state index >= 15 is 0 Å². The highest BCUT2D eigenvalue weighted by Crippen LogP contribution is 2.58. The molecular formula is C28H36O9. The standard InChI is InChI=1S/C28H36O9/c1-10-14(2)27(30)37-26-17-13-19(32-5)23(34-7)25(36-9)21(17)20-16(11-15(3)28(26,4)31)12-18(29)22(33-6)24(20)35-8/h10,12-13,15,26,29,31H,11H2,1-9H3/t15-,26-,28+/m0/s1. The topological polar surface area (TPSA) is 113 Å². The number of fused-ring (bicyclic) bond motifs is 3. The van der Waals surface area contributed by atoms with Crippen molar-refractivity contribution in [3.05, 3.63) is 34.9 Å². The number of carbonyl (C=O) groups excluding carboxylic acids is 1. The first-order chi connectivity index (χ1) is 17.5. The van der Waals surface area contributed by atoms with Gasteiger partial charge in [0.05, 0.1) is 35.5 Å². The highest BCUT2D eigenvalue weighted by molar-refractivity contribution is 5.90. The van der Waals surface area contributed by atoms with E-state index in [1.54, 1.807) is 39.0 Å². The van der Waals surface area contributed by atoms with Gasteiger partial charge in [0, 0.05) is 22.3 Å². The van der Waals surface area contributed by atoms with Crippen LogP contribution < -0.4 is 23.7 Å². The van der Waals surface area contributed by atoms with E-state index in [1.165, 1.54) is 35.5 Å². The van der Waals surface area contributed by atoms with Crippen molar-refractivity contribution in [2.24, 2.45) is 5.92 Å². The summed E-state index contributed by atoms with van der Waals surface area (Å²) in [5.74, 6) is 0.158. The maximum atomic E-state index is 13.0. The number of aliphatic hydroxyl groups is 1. The zero-order chi connectivity index (χ0) is 27.7. The summed E-state index contributed by atoms with van der Waals surface area (Å²) in [5, 5.41) is 22.7. The number of rotatable bonds is 7. The number of ether oxygens (including phenoxy) is 6. The fourth-order valence-electron chi connectivity index (χ4n) is 4.76. The SMILES string of the molecule is CC=C(C)C(=O)O[C@H]1c2cc(OC)c(OC)c(OC)c2-c2c(cc(O)c(OC)c2OC)C[C@H](C)[C@@]1(C)O. The number of allylic oxidation sites excluding steroid dienone is 1. The third-order valence-electron chi connectivity index (χ3n) is 7.13. The average molecular weight is 517 g/mol. The number of benzene rings is 2. The highest BCUT2D eigenvalue weighted by Gasteiger charge is 2.46. The largest absolute Gasteiger partial charge is 0.504 e. The van der Waals surface area contributed by atoms with Crippen LogP contribution in [0.5, 0.6) is 34.5 Å². The van der Waals surface area contributed by atoms with Gasteiger partial charge in [0.25, 0.3) is 0 Å². The molecule has 0 radical (unpaired) electrons. The molecule has 37 heavy (non-hydrogen) atoms. The van der Waals surface area contributed by atoms with Gasteiger partial charge in [-0.05, 0) is 50.8 Å². The first kappa shape index (κ1) is 28.0. The van der Waals surface area contributed by atoms with Gasteiger partial charge in [-0.3, -0.25) is 0 Å². The molecule has 0 heterocycles. The molecule has 0 bridgehead atoms. The maximum Gasteiger partial charge on any atom is 0.334 e. The van der Waals surface area contributed by atoms with Crippen LogP contribution in [0.2, 0.25) is 0 Å². The molecule has 202 valence electrons. The summed E-state index contributed by atoms with van der Waals surface area (Å²) in [6.07, 6.45) is 0.821. The Kier molecular flexibility index (Phi) is 8.17. The van der Waals surface area contributed by atoms with Crippen molar-refractivity contribution in [2.45, 2.75) is 45.8 Å². The molecule has 0 fully saturated rings. The Balaban J connectivity index is 2.59. The summed E-state index contributed by atoms with van der Waals surface area (Å²) in [6.45, 7) is 6.86. The second-order valence-electron chi connectivity index (χ2n) is 9.19. The number of hydrogen-bond acceptors (Lipinski definition) is 9. The third kappa shape index (κ3) is 4.64. The number of esters is 1. The first-order valence-corrected chi connectivity index (χ1v) is 11.9. The summed E-state index contributed by atoms with van der Waals surface area (Å²) < 4.78 is 34.4. The maximum absolute atomic E-state index is 13.0. The highest BCUT2D eigenvalue weighted by atomic mass is 16.6. The lowest BCUT2D eigenvalue weighted by atomic mass is 9.73. The molecule has 0 aliphatic heterocycles. The van der Waals surface area contributed by atoms with Crippen molar-refractivity contribution >= 4 is 5.97 Å². The molecule has 2 aromatic rings. The molecule has 3 atom stereocenters. The Morgan fingerprint density at radius 2 is 1.51 bits per heavy atom. The second-order valence-corrected chi connectivity index (χ2v) is 9.19. The van der Waals surface area contributed by atoms with E-state index < -0.39 is 23.6 Å². The van der Waals surface area contributed by atoms with Gasteiger partial charge in [-0.2, -0.15) is 0 Å². The molecule has 1 aliphatic rings.